The van der Waals surface area contributed by atoms with E-state index in [-0.39, 0.29) is 24.0 Å². The molecule has 1 aliphatic carbocycles. The number of hydrogen-bond donors (Lipinski definition) is 0. The molecule has 1 fully saturated rings. The lowest BCUT2D eigenvalue weighted by atomic mass is 9.98. The van der Waals surface area contributed by atoms with Crippen molar-refractivity contribution < 1.29 is 28.6 Å². The van der Waals surface area contributed by atoms with Crippen LogP contribution in [0.25, 0.3) is 0 Å². The van der Waals surface area contributed by atoms with Gasteiger partial charge in [-0.15, -0.1) is 0 Å². The van der Waals surface area contributed by atoms with E-state index in [1.54, 1.807) is 20.8 Å². The Balaban J connectivity index is 0. The number of rotatable bonds is 7. The monoisotopic (exact) mass is 410 g/mol. The number of ether oxygens (including phenoxy) is 3. The van der Waals surface area contributed by atoms with Gasteiger partial charge in [-0.25, -0.2) is 14.4 Å². The Morgan fingerprint density at radius 1 is 0.828 bits per heavy atom. The van der Waals surface area contributed by atoms with Gasteiger partial charge in [-0.2, -0.15) is 0 Å². The molecule has 0 aromatic heterocycles. The first-order valence-corrected chi connectivity index (χ1v) is 9.99. The first-order valence-electron chi connectivity index (χ1n) is 9.99. The zero-order valence-corrected chi connectivity index (χ0v) is 18.8. The molecule has 0 bridgehead atoms. The van der Waals surface area contributed by atoms with Crippen molar-refractivity contribution in [3.05, 3.63) is 36.5 Å². The van der Waals surface area contributed by atoms with E-state index in [0.717, 1.165) is 25.7 Å². The lowest BCUT2D eigenvalue weighted by Crippen LogP contribution is -2.20. The van der Waals surface area contributed by atoms with Crippen molar-refractivity contribution in [2.45, 2.75) is 78.7 Å². The third-order valence-corrected chi connectivity index (χ3v) is 3.79. The molecular formula is C23H38O6. The molecule has 6 nitrogen and oxygen atoms in total. The number of unbranched alkanes of at least 4 members (excludes halogenated alkanes) is 1. The molecular weight excluding hydrogens is 372 g/mol. The van der Waals surface area contributed by atoms with Gasteiger partial charge in [0.05, 0.1) is 13.7 Å². The standard InChI is InChI=1S/C10H16O2.C8H14O2.C5H8O2/c1-8(2)10(11)12-9-6-4-3-5-7-9;1-4-5-6-10-8(9)7(2)3;1-4(2)5(6)7-3/h9H,1,3-7H2,2H3;2,4-6H2,1,3H3;1H2,2-3H3. The molecule has 1 aliphatic rings. The highest BCUT2D eigenvalue weighted by Gasteiger charge is 2.17. The largest absolute Gasteiger partial charge is 0.466 e. The maximum atomic E-state index is 11.1. The van der Waals surface area contributed by atoms with Gasteiger partial charge in [0.1, 0.15) is 6.10 Å². The van der Waals surface area contributed by atoms with E-state index in [1.807, 2.05) is 0 Å². The van der Waals surface area contributed by atoms with Crippen molar-refractivity contribution in [3.63, 3.8) is 0 Å². The van der Waals surface area contributed by atoms with Crippen LogP contribution in [0.3, 0.4) is 0 Å². The summed E-state index contributed by atoms with van der Waals surface area (Å²) >= 11 is 0. The lowest BCUT2D eigenvalue weighted by Gasteiger charge is -2.21. The third-order valence-electron chi connectivity index (χ3n) is 3.79. The number of esters is 3. The van der Waals surface area contributed by atoms with Crippen LogP contribution < -0.4 is 0 Å². The van der Waals surface area contributed by atoms with Crippen LogP contribution in [0.1, 0.15) is 72.6 Å². The molecule has 0 atom stereocenters. The van der Waals surface area contributed by atoms with Gasteiger partial charge in [-0.3, -0.25) is 0 Å². The minimum atomic E-state index is -0.347. The molecule has 0 aromatic rings. The Labute approximate surface area is 176 Å². The quantitative estimate of drug-likeness (QED) is 0.252. The highest BCUT2D eigenvalue weighted by molar-refractivity contribution is 5.87. The predicted octanol–water partition coefficient (Wildman–Crippen LogP) is 5.08. The topological polar surface area (TPSA) is 78.9 Å². The summed E-state index contributed by atoms with van der Waals surface area (Å²) in [6.07, 6.45) is 7.84. The van der Waals surface area contributed by atoms with Gasteiger partial charge in [0.2, 0.25) is 0 Å². The van der Waals surface area contributed by atoms with E-state index >= 15 is 0 Å². The van der Waals surface area contributed by atoms with Crippen LogP contribution in [0.15, 0.2) is 36.5 Å². The highest BCUT2D eigenvalue weighted by atomic mass is 16.5. The van der Waals surface area contributed by atoms with Gasteiger partial charge in [-0.05, 0) is 52.9 Å². The average molecular weight is 411 g/mol. The molecule has 0 radical (unpaired) electrons. The molecule has 1 saturated carbocycles. The number of hydrogen-bond acceptors (Lipinski definition) is 6. The molecule has 0 aromatic carbocycles. The van der Waals surface area contributed by atoms with Gasteiger partial charge in [-0.1, -0.05) is 39.5 Å². The van der Waals surface area contributed by atoms with Gasteiger partial charge in [0, 0.05) is 16.7 Å². The minimum absolute atomic E-state index is 0.156. The lowest BCUT2D eigenvalue weighted by molar-refractivity contribution is -0.145. The Kier molecular flexibility index (Phi) is 17.6. The third kappa shape index (κ3) is 17.5. The van der Waals surface area contributed by atoms with Crippen LogP contribution in [-0.2, 0) is 28.6 Å². The fraction of sp³-hybridized carbons (Fsp3) is 0.609. The molecule has 1 rings (SSSR count). The summed E-state index contributed by atoms with van der Waals surface area (Å²) in [6, 6.07) is 0. The van der Waals surface area contributed by atoms with E-state index in [9.17, 15) is 14.4 Å². The number of carbonyl (C=O) groups is 3. The Hall–Kier alpha value is -2.37. The van der Waals surface area contributed by atoms with Crippen LogP contribution in [0.2, 0.25) is 0 Å². The van der Waals surface area contributed by atoms with Crippen molar-refractivity contribution in [3.8, 4) is 0 Å². The zero-order chi connectivity index (χ0) is 22.8. The van der Waals surface area contributed by atoms with Gasteiger partial charge >= 0.3 is 17.9 Å². The second kappa shape index (κ2) is 17.7. The second-order valence-electron chi connectivity index (χ2n) is 6.99. The van der Waals surface area contributed by atoms with E-state index < -0.39 is 0 Å². The van der Waals surface area contributed by atoms with Crippen LogP contribution in [0.4, 0.5) is 0 Å². The fourth-order valence-corrected chi connectivity index (χ4v) is 2.04. The van der Waals surface area contributed by atoms with Crippen molar-refractivity contribution in [2.75, 3.05) is 13.7 Å². The van der Waals surface area contributed by atoms with E-state index in [4.69, 9.17) is 9.47 Å². The number of methoxy groups -OCH3 is 1. The maximum absolute atomic E-state index is 11.1. The van der Waals surface area contributed by atoms with Crippen molar-refractivity contribution in [2.24, 2.45) is 0 Å². The Morgan fingerprint density at radius 3 is 1.66 bits per heavy atom. The molecule has 0 amide bonds. The molecule has 0 heterocycles. The fourth-order valence-electron chi connectivity index (χ4n) is 2.04. The summed E-state index contributed by atoms with van der Waals surface area (Å²) in [5, 5.41) is 0. The summed E-state index contributed by atoms with van der Waals surface area (Å²) < 4.78 is 14.3. The average Bonchev–Trinajstić information content (AvgIpc) is 2.68. The van der Waals surface area contributed by atoms with Crippen molar-refractivity contribution in [1.29, 1.82) is 0 Å². The first kappa shape index (κ1) is 28.8. The van der Waals surface area contributed by atoms with Gasteiger partial charge in [0.15, 0.2) is 0 Å². The SMILES string of the molecule is C=C(C)C(=O)OC.C=C(C)C(=O)OC1CCCCC1.C=C(C)C(=O)OCCCC. The van der Waals surface area contributed by atoms with Crippen LogP contribution in [-0.4, -0.2) is 37.7 Å². The molecule has 0 N–H and O–H groups in total. The van der Waals surface area contributed by atoms with E-state index in [1.165, 1.54) is 26.4 Å². The predicted molar refractivity (Wildman–Crippen MR) is 115 cm³/mol. The second-order valence-corrected chi connectivity index (χ2v) is 6.99. The zero-order valence-electron chi connectivity index (χ0n) is 18.8. The highest BCUT2D eigenvalue weighted by Crippen LogP contribution is 2.20. The molecule has 0 spiro atoms. The molecule has 0 saturated heterocycles. The molecule has 6 heteroatoms. The molecule has 166 valence electrons. The van der Waals surface area contributed by atoms with Gasteiger partial charge in [0.25, 0.3) is 0 Å². The first-order chi connectivity index (χ1) is 13.6. The summed E-state index contributed by atoms with van der Waals surface area (Å²) in [5.41, 5.74) is 1.40. The smallest absolute Gasteiger partial charge is 0.333 e. The Bertz CT molecular complexity index is 556. The molecule has 29 heavy (non-hydrogen) atoms. The number of carbonyl (C=O) groups excluding carboxylic acids is 3. The van der Waals surface area contributed by atoms with Crippen molar-refractivity contribution in [1.82, 2.24) is 0 Å². The van der Waals surface area contributed by atoms with Crippen LogP contribution in [0, 0.1) is 0 Å². The van der Waals surface area contributed by atoms with Crippen LogP contribution >= 0.6 is 0 Å². The summed E-state index contributed by atoms with van der Waals surface area (Å²) in [6.45, 7) is 17.9. The van der Waals surface area contributed by atoms with Gasteiger partial charge < -0.3 is 14.2 Å². The Morgan fingerprint density at radius 2 is 1.31 bits per heavy atom. The van der Waals surface area contributed by atoms with E-state index in [2.05, 4.69) is 31.4 Å². The normalized spacial score (nSPS) is 12.7. The molecule has 0 aliphatic heterocycles. The summed E-state index contributed by atoms with van der Waals surface area (Å²) in [4.78, 5) is 32.0. The molecule has 0 unspecified atom stereocenters. The minimum Gasteiger partial charge on any atom is -0.466 e. The van der Waals surface area contributed by atoms with Crippen LogP contribution in [0.5, 0.6) is 0 Å². The van der Waals surface area contributed by atoms with E-state index in [0.29, 0.717) is 23.3 Å². The maximum Gasteiger partial charge on any atom is 0.333 e. The summed E-state index contributed by atoms with van der Waals surface area (Å²) in [5.74, 6) is -0.865. The summed E-state index contributed by atoms with van der Waals surface area (Å²) in [7, 11) is 1.33. The van der Waals surface area contributed by atoms with Crippen molar-refractivity contribution >= 4 is 17.9 Å².